The summed E-state index contributed by atoms with van der Waals surface area (Å²) in [5, 5.41) is 15.4. The molecule has 2 N–H and O–H groups in total. The lowest BCUT2D eigenvalue weighted by Crippen LogP contribution is -2.38. The van der Waals surface area contributed by atoms with Gasteiger partial charge in [-0.05, 0) is 24.3 Å². The maximum absolute atomic E-state index is 12.8. The van der Waals surface area contributed by atoms with Crippen LogP contribution in [0.2, 0.25) is 0 Å². The van der Waals surface area contributed by atoms with Crippen LogP contribution in [0.1, 0.15) is 26.5 Å². The van der Waals surface area contributed by atoms with Crippen molar-refractivity contribution in [2.24, 2.45) is 0 Å². The van der Waals surface area contributed by atoms with Crippen LogP contribution in [-0.2, 0) is 23.1 Å². The fourth-order valence-electron chi connectivity index (χ4n) is 2.64. The lowest BCUT2D eigenvalue weighted by molar-refractivity contribution is 0.0689. The molecular weight excluding hydrogens is 348 g/mol. The van der Waals surface area contributed by atoms with Gasteiger partial charge in [-0.15, -0.1) is 0 Å². The number of sulfonamides is 1. The molecule has 132 valence electrons. The maximum Gasteiger partial charge on any atom is 0.356 e. The average molecular weight is 364 g/mol. The number of nitrogens with one attached hydrogen (secondary N) is 1. The molecule has 1 aliphatic rings. The van der Waals surface area contributed by atoms with Crippen molar-refractivity contribution >= 4 is 21.9 Å². The Kier molecular flexibility index (Phi) is 4.31. The molecule has 0 saturated heterocycles. The molecule has 0 atom stereocenters. The summed E-state index contributed by atoms with van der Waals surface area (Å²) in [7, 11) is -2.35. The van der Waals surface area contributed by atoms with Gasteiger partial charge in [0.15, 0.2) is 5.69 Å². The number of carbonyl (C=O) groups excluding carboxylic acids is 1. The number of amides is 1. The van der Waals surface area contributed by atoms with Gasteiger partial charge in [0.25, 0.3) is 5.91 Å². The second kappa shape index (κ2) is 6.30. The van der Waals surface area contributed by atoms with Gasteiger partial charge < -0.3 is 10.4 Å². The van der Waals surface area contributed by atoms with Gasteiger partial charge in [0, 0.05) is 19.2 Å². The van der Waals surface area contributed by atoms with Crippen LogP contribution < -0.4 is 5.32 Å². The topological polar surface area (TPSA) is 122 Å². The number of hydrogen-bond donors (Lipinski definition) is 2. The lowest BCUT2D eigenvalue weighted by atomic mass is 10.2. The van der Waals surface area contributed by atoms with Gasteiger partial charge in [-0.3, -0.25) is 9.48 Å². The van der Waals surface area contributed by atoms with Crippen LogP contribution in [0.5, 0.6) is 0 Å². The van der Waals surface area contributed by atoms with Gasteiger partial charge in [0.2, 0.25) is 10.0 Å². The number of carboxylic acids is 1. The summed E-state index contributed by atoms with van der Waals surface area (Å²) >= 11 is 0. The summed E-state index contributed by atoms with van der Waals surface area (Å²) in [4.78, 5) is 22.7. The van der Waals surface area contributed by atoms with Crippen LogP contribution in [0.3, 0.4) is 0 Å². The largest absolute Gasteiger partial charge is 0.476 e. The zero-order valence-corrected chi connectivity index (χ0v) is 14.2. The highest BCUT2D eigenvalue weighted by Gasteiger charge is 2.30. The van der Waals surface area contributed by atoms with Crippen molar-refractivity contribution in [3.8, 4) is 0 Å². The minimum Gasteiger partial charge on any atom is -0.476 e. The first kappa shape index (κ1) is 17.1. The van der Waals surface area contributed by atoms with Crippen LogP contribution in [-0.4, -0.2) is 53.1 Å². The molecule has 0 spiro atoms. The summed E-state index contributed by atoms with van der Waals surface area (Å²) < 4.78 is 28.4. The van der Waals surface area contributed by atoms with E-state index in [0.717, 1.165) is 0 Å². The van der Waals surface area contributed by atoms with Crippen molar-refractivity contribution in [2.75, 3.05) is 13.6 Å². The Morgan fingerprint density at radius 1 is 1.24 bits per heavy atom. The van der Waals surface area contributed by atoms with Gasteiger partial charge in [0.1, 0.15) is 0 Å². The van der Waals surface area contributed by atoms with Crippen LogP contribution in [0.15, 0.2) is 35.2 Å². The molecule has 1 aromatic carbocycles. The van der Waals surface area contributed by atoms with Gasteiger partial charge in [0.05, 0.1) is 23.7 Å². The smallest absolute Gasteiger partial charge is 0.356 e. The number of carbonyl (C=O) groups is 2. The molecule has 1 aliphatic heterocycles. The Morgan fingerprint density at radius 3 is 2.68 bits per heavy atom. The highest BCUT2D eigenvalue weighted by atomic mass is 32.2. The summed E-state index contributed by atoms with van der Waals surface area (Å²) in [6.45, 7) is 0.448. The van der Waals surface area contributed by atoms with Crippen molar-refractivity contribution in [3.05, 3.63) is 47.3 Å². The minimum atomic E-state index is -3.82. The maximum atomic E-state index is 12.8. The molecule has 9 nitrogen and oxygen atoms in total. The Bertz CT molecular complexity index is 951. The number of benzene rings is 1. The fraction of sp³-hybridized carbons (Fsp3) is 0.267. The highest BCUT2D eigenvalue weighted by molar-refractivity contribution is 7.89. The summed E-state index contributed by atoms with van der Waals surface area (Å²) in [5.74, 6) is -1.53. The third kappa shape index (κ3) is 3.13. The number of aromatic nitrogens is 2. The molecule has 3 rings (SSSR count). The molecule has 0 unspecified atom stereocenters. The molecule has 2 heterocycles. The van der Waals surface area contributed by atoms with Gasteiger partial charge in [-0.1, -0.05) is 6.07 Å². The molecule has 0 aliphatic carbocycles. The number of carboxylic acid groups (broad SMARTS) is 1. The van der Waals surface area contributed by atoms with E-state index in [1.807, 2.05) is 0 Å². The van der Waals surface area contributed by atoms with E-state index in [2.05, 4.69) is 10.4 Å². The highest BCUT2D eigenvalue weighted by Crippen LogP contribution is 2.23. The molecule has 0 radical (unpaired) electrons. The first-order valence-electron chi connectivity index (χ1n) is 7.45. The Morgan fingerprint density at radius 2 is 2.00 bits per heavy atom. The second-order valence-corrected chi connectivity index (χ2v) is 7.43. The van der Waals surface area contributed by atoms with E-state index in [0.29, 0.717) is 5.69 Å². The van der Waals surface area contributed by atoms with Gasteiger partial charge in [-0.2, -0.15) is 9.40 Å². The van der Waals surface area contributed by atoms with Gasteiger partial charge >= 0.3 is 5.97 Å². The SMILES string of the molecule is CNC(=O)c1cccc(S(=O)(=O)N2CCn3nc(C(=O)O)cc3C2)c1. The zero-order valence-electron chi connectivity index (χ0n) is 13.3. The zero-order chi connectivity index (χ0) is 18.2. The Balaban J connectivity index is 1.91. The molecule has 10 heteroatoms. The minimum absolute atomic E-state index is 0.0139. The summed E-state index contributed by atoms with van der Waals surface area (Å²) in [5.41, 5.74) is 0.643. The van der Waals surface area contributed by atoms with E-state index in [1.54, 1.807) is 0 Å². The van der Waals surface area contributed by atoms with Crippen LogP contribution >= 0.6 is 0 Å². The van der Waals surface area contributed by atoms with Crippen LogP contribution in [0, 0.1) is 0 Å². The van der Waals surface area contributed by atoms with E-state index in [9.17, 15) is 18.0 Å². The number of rotatable bonds is 4. The molecule has 1 amide bonds. The van der Waals surface area contributed by atoms with Crippen molar-refractivity contribution < 1.29 is 23.1 Å². The first-order valence-corrected chi connectivity index (χ1v) is 8.89. The average Bonchev–Trinajstić information content (AvgIpc) is 3.04. The van der Waals surface area contributed by atoms with Crippen LogP contribution in [0.25, 0.3) is 0 Å². The van der Waals surface area contributed by atoms with Crippen molar-refractivity contribution in [3.63, 3.8) is 0 Å². The number of hydrogen-bond acceptors (Lipinski definition) is 5. The second-order valence-electron chi connectivity index (χ2n) is 5.49. The normalized spacial score (nSPS) is 14.8. The van der Waals surface area contributed by atoms with Crippen molar-refractivity contribution in [1.82, 2.24) is 19.4 Å². The third-order valence-corrected chi connectivity index (χ3v) is 5.78. The van der Waals surface area contributed by atoms with Crippen molar-refractivity contribution in [1.29, 1.82) is 0 Å². The number of fused-ring (bicyclic) bond motifs is 1. The van der Waals surface area contributed by atoms with E-state index < -0.39 is 16.0 Å². The monoisotopic (exact) mass is 364 g/mol. The van der Waals surface area contributed by atoms with Crippen molar-refractivity contribution in [2.45, 2.75) is 18.0 Å². The fourth-order valence-corrected chi connectivity index (χ4v) is 4.09. The number of nitrogens with zero attached hydrogens (tertiary/aromatic N) is 3. The molecular formula is C15H16N4O5S. The molecule has 0 bridgehead atoms. The molecule has 1 aromatic heterocycles. The van der Waals surface area contributed by atoms with E-state index in [-0.39, 0.29) is 41.7 Å². The Hall–Kier alpha value is -2.72. The predicted molar refractivity (Wildman–Crippen MR) is 86.6 cm³/mol. The number of aromatic carboxylic acids is 1. The lowest BCUT2D eigenvalue weighted by Gasteiger charge is -2.27. The first-order chi connectivity index (χ1) is 11.8. The summed E-state index contributed by atoms with van der Waals surface area (Å²) in [6, 6.07) is 7.15. The summed E-state index contributed by atoms with van der Waals surface area (Å²) in [6.07, 6.45) is 0. The Labute approximate surface area is 143 Å². The molecule has 2 aromatic rings. The van der Waals surface area contributed by atoms with E-state index >= 15 is 0 Å². The van der Waals surface area contributed by atoms with E-state index in [1.165, 1.54) is 46.4 Å². The quantitative estimate of drug-likeness (QED) is 0.796. The molecule has 0 saturated carbocycles. The van der Waals surface area contributed by atoms with Crippen LogP contribution in [0.4, 0.5) is 0 Å². The molecule has 25 heavy (non-hydrogen) atoms. The molecule has 0 fully saturated rings. The predicted octanol–water partition coefficient (Wildman–Crippen LogP) is 0.145. The van der Waals surface area contributed by atoms with E-state index in [4.69, 9.17) is 5.11 Å². The van der Waals surface area contributed by atoms with Gasteiger partial charge in [-0.25, -0.2) is 13.2 Å². The standard InChI is InChI=1S/C15H16N4O5S/c1-16-14(20)10-3-2-4-12(7-10)25(23,24)18-5-6-19-11(9-18)8-13(17-19)15(21)22/h2-4,7-8H,5-6,9H2,1H3,(H,16,20)(H,21,22). The third-order valence-electron chi connectivity index (χ3n) is 3.94.